The van der Waals surface area contributed by atoms with Crippen molar-refractivity contribution in [2.75, 3.05) is 58.4 Å². The highest BCUT2D eigenvalue weighted by molar-refractivity contribution is 8.00. The van der Waals surface area contributed by atoms with Crippen LogP contribution in [0, 0.1) is 17.8 Å². The van der Waals surface area contributed by atoms with Crippen molar-refractivity contribution in [3.8, 4) is 11.8 Å². The van der Waals surface area contributed by atoms with Gasteiger partial charge in [0.15, 0.2) is 5.65 Å². The molecule has 0 bridgehead atoms. The van der Waals surface area contributed by atoms with Crippen LogP contribution in [0.25, 0.3) is 5.65 Å². The Balaban J connectivity index is 1.31. The zero-order valence-electron chi connectivity index (χ0n) is 31.3. The number of carbonyl (C=O) groups is 2. The third-order valence-corrected chi connectivity index (χ3v) is 8.58. The van der Waals surface area contributed by atoms with Crippen molar-refractivity contribution in [1.29, 1.82) is 0 Å². The van der Waals surface area contributed by atoms with Gasteiger partial charge in [0.1, 0.15) is 21.9 Å². The fourth-order valence-electron chi connectivity index (χ4n) is 5.54. The number of alkyl halides is 3. The number of carbonyl (C=O) groups excluding carboxylic acids is 2. The van der Waals surface area contributed by atoms with E-state index in [1.807, 2.05) is 20.8 Å². The van der Waals surface area contributed by atoms with E-state index in [9.17, 15) is 22.8 Å². The lowest BCUT2D eigenvalue weighted by Crippen LogP contribution is -2.45. The van der Waals surface area contributed by atoms with Gasteiger partial charge in [-0.05, 0) is 91.9 Å². The first-order chi connectivity index (χ1) is 24.9. The van der Waals surface area contributed by atoms with Crippen molar-refractivity contribution >= 4 is 35.2 Å². The number of likely N-dealkylation sites (tertiary alicyclic amines) is 1. The molecule has 1 saturated heterocycles. The third kappa shape index (κ3) is 14.1. The number of esters is 1. The lowest BCUT2D eigenvalue weighted by atomic mass is 9.89. The van der Waals surface area contributed by atoms with Crippen molar-refractivity contribution < 1.29 is 41.7 Å². The molecule has 3 aromatic rings. The van der Waals surface area contributed by atoms with Crippen LogP contribution in [0.4, 0.5) is 23.7 Å². The number of thioether (sulfide) groups is 1. The number of anilines is 1. The molecule has 292 valence electrons. The van der Waals surface area contributed by atoms with Gasteiger partial charge in [-0.15, -0.1) is 0 Å². The molecule has 0 saturated carbocycles. The summed E-state index contributed by atoms with van der Waals surface area (Å²) < 4.78 is 66.1. The van der Waals surface area contributed by atoms with Crippen LogP contribution in [-0.4, -0.2) is 112 Å². The molecule has 0 spiro atoms. The molecular weight excluding hydrogens is 716 g/mol. The van der Waals surface area contributed by atoms with Crippen molar-refractivity contribution in [2.24, 2.45) is 5.92 Å². The van der Waals surface area contributed by atoms with Crippen LogP contribution in [0.1, 0.15) is 70.4 Å². The number of hydrogen-bond donors (Lipinski definition) is 2. The first-order valence-electron chi connectivity index (χ1n) is 17.5. The Morgan fingerprint density at radius 1 is 1.04 bits per heavy atom. The van der Waals surface area contributed by atoms with Crippen LogP contribution >= 0.6 is 11.8 Å². The first-order valence-corrected chi connectivity index (χ1v) is 18.3. The van der Waals surface area contributed by atoms with E-state index in [-0.39, 0.29) is 41.0 Å². The van der Waals surface area contributed by atoms with Crippen molar-refractivity contribution in [1.82, 2.24) is 29.4 Å². The highest BCUT2D eigenvalue weighted by atomic mass is 32.2. The van der Waals surface area contributed by atoms with E-state index in [4.69, 9.17) is 18.9 Å². The number of aromatic nitrogens is 4. The second-order valence-electron chi connectivity index (χ2n) is 14.7. The smallest absolute Gasteiger partial charge is 0.447 e. The van der Waals surface area contributed by atoms with Crippen LogP contribution in [-0.2, 0) is 25.5 Å². The molecular formula is C36H50F3N7O6S. The summed E-state index contributed by atoms with van der Waals surface area (Å²) >= 11 is -0.282. The van der Waals surface area contributed by atoms with Crippen LogP contribution in [0.15, 0.2) is 35.7 Å². The van der Waals surface area contributed by atoms with Gasteiger partial charge in [0.05, 0.1) is 50.4 Å². The minimum atomic E-state index is -4.57. The molecule has 3 aromatic heterocycles. The average Bonchev–Trinajstić information content (AvgIpc) is 3.65. The first kappa shape index (κ1) is 41.8. The van der Waals surface area contributed by atoms with Gasteiger partial charge < -0.3 is 34.5 Å². The second kappa shape index (κ2) is 18.4. The summed E-state index contributed by atoms with van der Waals surface area (Å²) in [5.41, 5.74) is -4.58. The minimum Gasteiger partial charge on any atom is -0.456 e. The number of pyridine rings is 1. The maximum absolute atomic E-state index is 13.7. The van der Waals surface area contributed by atoms with E-state index in [2.05, 4.69) is 44.5 Å². The number of alkyl carbamates (subject to hydrolysis) is 1. The van der Waals surface area contributed by atoms with Crippen LogP contribution in [0.2, 0.25) is 0 Å². The number of amides is 1. The molecule has 13 nitrogen and oxygen atoms in total. The molecule has 1 fully saturated rings. The topological polar surface area (TPSA) is 133 Å². The molecule has 2 N–H and O–H groups in total. The van der Waals surface area contributed by atoms with E-state index in [0.29, 0.717) is 49.9 Å². The lowest BCUT2D eigenvalue weighted by Gasteiger charge is -2.37. The van der Waals surface area contributed by atoms with Gasteiger partial charge in [-0.25, -0.2) is 14.6 Å². The predicted octanol–water partition coefficient (Wildman–Crippen LogP) is 5.83. The molecule has 2 unspecified atom stereocenters. The number of halogens is 3. The summed E-state index contributed by atoms with van der Waals surface area (Å²) in [6, 6.07) is 3.51. The number of hydrogen-bond acceptors (Lipinski definition) is 11. The number of rotatable bonds is 14. The molecule has 4 heterocycles. The SMILES string of the molecule is CN1CCC(Nc2cccn3c(SC(F)(F)F)c(C#CCNC(=O)OC(C)(C)C)nc23)C(CCOCCOCCn2cc(C(=O)OC(C)(C)C)cn2)C1. The van der Waals surface area contributed by atoms with Gasteiger partial charge in [0, 0.05) is 43.3 Å². The van der Waals surface area contributed by atoms with Gasteiger partial charge in [0.25, 0.3) is 0 Å². The van der Waals surface area contributed by atoms with Crippen molar-refractivity contribution in [2.45, 2.75) is 88.7 Å². The maximum Gasteiger partial charge on any atom is 0.447 e. The Bertz CT molecular complexity index is 1740. The van der Waals surface area contributed by atoms with E-state index in [1.54, 1.807) is 43.8 Å². The van der Waals surface area contributed by atoms with Gasteiger partial charge in [0.2, 0.25) is 0 Å². The number of fused-ring (bicyclic) bond motifs is 1. The third-order valence-electron chi connectivity index (χ3n) is 7.76. The highest BCUT2D eigenvalue weighted by Crippen LogP contribution is 2.40. The molecule has 1 aliphatic heterocycles. The molecule has 1 aliphatic rings. The Labute approximate surface area is 312 Å². The van der Waals surface area contributed by atoms with Crippen LogP contribution < -0.4 is 10.6 Å². The summed E-state index contributed by atoms with van der Waals surface area (Å²) in [6.07, 6.45) is 5.55. The molecule has 1 amide bonds. The summed E-state index contributed by atoms with van der Waals surface area (Å²) in [4.78, 5) is 30.9. The van der Waals surface area contributed by atoms with Gasteiger partial charge in [-0.3, -0.25) is 9.08 Å². The molecule has 0 aromatic carbocycles. The van der Waals surface area contributed by atoms with E-state index < -0.39 is 28.8 Å². The zero-order chi connectivity index (χ0) is 38.8. The highest BCUT2D eigenvalue weighted by Gasteiger charge is 2.34. The molecule has 0 aliphatic carbocycles. The Kier molecular flexibility index (Phi) is 14.5. The molecule has 0 radical (unpaired) electrons. The van der Waals surface area contributed by atoms with Crippen molar-refractivity contribution in [3.05, 3.63) is 42.0 Å². The normalized spacial score (nSPS) is 16.9. The van der Waals surface area contributed by atoms with Crippen molar-refractivity contribution in [3.63, 3.8) is 0 Å². The van der Waals surface area contributed by atoms with Gasteiger partial charge >= 0.3 is 17.6 Å². The van der Waals surface area contributed by atoms with E-state index in [0.717, 1.165) is 25.9 Å². The average molecular weight is 766 g/mol. The van der Waals surface area contributed by atoms with Crippen LogP contribution in [0.5, 0.6) is 0 Å². The maximum atomic E-state index is 13.7. The Morgan fingerprint density at radius 3 is 2.45 bits per heavy atom. The fourth-order valence-corrected chi connectivity index (χ4v) is 6.20. The minimum absolute atomic E-state index is 0.0277. The Morgan fingerprint density at radius 2 is 1.75 bits per heavy atom. The van der Waals surface area contributed by atoms with E-state index >= 15 is 0 Å². The number of piperidine rings is 1. The van der Waals surface area contributed by atoms with Gasteiger partial charge in [-0.1, -0.05) is 5.92 Å². The summed E-state index contributed by atoms with van der Waals surface area (Å²) in [7, 11) is 2.06. The zero-order valence-corrected chi connectivity index (χ0v) is 32.2. The number of ether oxygens (including phenoxy) is 4. The lowest BCUT2D eigenvalue weighted by molar-refractivity contribution is -0.0330. The molecule has 4 rings (SSSR count). The number of imidazole rings is 1. The number of nitrogens with one attached hydrogen (secondary N) is 2. The predicted molar refractivity (Wildman–Crippen MR) is 195 cm³/mol. The summed E-state index contributed by atoms with van der Waals surface area (Å²) in [5.74, 6) is 5.18. The van der Waals surface area contributed by atoms with Gasteiger partial charge in [-0.2, -0.15) is 18.3 Å². The summed E-state index contributed by atoms with van der Waals surface area (Å²) in [5, 5.41) is 10.1. The second-order valence-corrected chi connectivity index (χ2v) is 15.7. The monoisotopic (exact) mass is 765 g/mol. The molecule has 2 atom stereocenters. The quantitative estimate of drug-likeness (QED) is 0.0890. The largest absolute Gasteiger partial charge is 0.456 e. The van der Waals surface area contributed by atoms with E-state index in [1.165, 1.54) is 16.8 Å². The molecule has 17 heteroatoms. The molecule has 53 heavy (non-hydrogen) atoms. The standard InChI is InChI=1S/C36H50F3N7O6S/c1-34(2,3)51-32(47)26-22-41-45(24-26)17-19-50-21-20-49-18-13-25-23-44(7)16-12-27(25)42-28-11-9-15-46-30(28)43-29(31(46)53-36(37,38)39)10-8-14-40-33(48)52-35(4,5)6/h9,11,15,22,24-25,27,42H,12-14,16-21,23H2,1-7H3,(H,40,48). The number of nitrogens with zero attached hydrogens (tertiary/aromatic N) is 5. The summed E-state index contributed by atoms with van der Waals surface area (Å²) in [6.45, 7) is 14.3. The Hall–Kier alpha value is -3.98. The van der Waals surface area contributed by atoms with Crippen LogP contribution in [0.3, 0.4) is 0 Å². The fraction of sp³-hybridized carbons (Fsp3) is 0.611.